The van der Waals surface area contributed by atoms with Crippen LogP contribution in [0.25, 0.3) is 0 Å². The van der Waals surface area contributed by atoms with Gasteiger partial charge in [-0.3, -0.25) is 4.79 Å². The number of hydrogen-bond acceptors (Lipinski definition) is 2. The smallest absolute Gasteiger partial charge is 0.304 e. The monoisotopic (exact) mass is 242 g/mol. The first-order valence-electron chi connectivity index (χ1n) is 5.60. The Morgan fingerprint density at radius 3 is 2.44 bits per heavy atom. The molecule has 0 saturated heterocycles. The fourth-order valence-corrected chi connectivity index (χ4v) is 1.57. The maximum absolute atomic E-state index is 10.4. The van der Waals surface area contributed by atoms with Crippen LogP contribution in [0.4, 0.5) is 0 Å². The van der Waals surface area contributed by atoms with E-state index in [0.717, 1.165) is 19.3 Å². The summed E-state index contributed by atoms with van der Waals surface area (Å²) >= 11 is 4.23. The van der Waals surface area contributed by atoms with E-state index in [-0.39, 0.29) is 11.7 Å². The number of rotatable bonds is 7. The van der Waals surface area contributed by atoms with E-state index >= 15 is 0 Å². The zero-order chi connectivity index (χ0) is 12.6. The second kappa shape index (κ2) is 8.45. The Morgan fingerprint density at radius 2 is 1.94 bits per heavy atom. The molecule has 0 bridgehead atoms. The molecule has 0 amide bonds. The van der Waals surface area contributed by atoms with E-state index in [9.17, 15) is 4.79 Å². The van der Waals surface area contributed by atoms with Gasteiger partial charge in [0.1, 0.15) is 0 Å². The lowest BCUT2D eigenvalue weighted by Gasteiger charge is -2.05. The molecule has 0 saturated carbocycles. The first-order valence-corrected chi connectivity index (χ1v) is 6.12. The number of carboxylic acid groups (broad SMARTS) is 1. The van der Waals surface area contributed by atoms with Crippen LogP contribution in [0.2, 0.25) is 0 Å². The highest BCUT2D eigenvalue weighted by molar-refractivity contribution is 7.81. The molecule has 0 aliphatic rings. The van der Waals surface area contributed by atoms with Gasteiger partial charge in [-0.05, 0) is 40.0 Å². The molecule has 3 heteroatoms. The number of carboxylic acids is 1. The lowest BCUT2D eigenvalue weighted by Crippen LogP contribution is -2.06. The maximum Gasteiger partial charge on any atom is 0.304 e. The summed E-state index contributed by atoms with van der Waals surface area (Å²) in [6.45, 7) is 6.27. The van der Waals surface area contributed by atoms with Crippen LogP contribution in [-0.4, -0.2) is 16.3 Å². The standard InChI is InChI=1S/C13H22O2S/c1-10(2)5-4-6-11(3)7-8-12(16)9-13(14)15/h5,7,12,16H,4,6,8-9H2,1-3H3,(H,14,15). The molecule has 1 unspecified atom stereocenters. The Labute approximate surface area is 104 Å². The SMILES string of the molecule is CC(C)=CCCC(C)=CCC(S)CC(=O)O. The number of carbonyl (C=O) groups is 1. The fraction of sp³-hybridized carbons (Fsp3) is 0.615. The zero-order valence-electron chi connectivity index (χ0n) is 10.4. The van der Waals surface area contributed by atoms with Gasteiger partial charge in [-0.2, -0.15) is 12.6 Å². The third-order valence-corrected chi connectivity index (χ3v) is 2.63. The molecule has 0 aliphatic carbocycles. The average Bonchev–Trinajstić information content (AvgIpc) is 2.13. The lowest BCUT2D eigenvalue weighted by molar-refractivity contribution is -0.136. The first kappa shape index (κ1) is 15.3. The molecule has 92 valence electrons. The van der Waals surface area contributed by atoms with Gasteiger partial charge in [0.25, 0.3) is 0 Å². The van der Waals surface area contributed by atoms with Crippen LogP contribution in [0.3, 0.4) is 0 Å². The van der Waals surface area contributed by atoms with Gasteiger partial charge in [0.15, 0.2) is 0 Å². The van der Waals surface area contributed by atoms with Gasteiger partial charge in [0.2, 0.25) is 0 Å². The molecule has 0 aromatic heterocycles. The summed E-state index contributed by atoms with van der Waals surface area (Å²) in [7, 11) is 0. The molecule has 0 heterocycles. The second-order valence-corrected chi connectivity index (χ2v) is 5.09. The van der Waals surface area contributed by atoms with Crippen LogP contribution < -0.4 is 0 Å². The summed E-state index contributed by atoms with van der Waals surface area (Å²) < 4.78 is 0. The fourth-order valence-electron chi connectivity index (χ4n) is 1.31. The predicted octanol–water partition coefficient (Wildman–Crippen LogP) is 3.84. The Kier molecular flexibility index (Phi) is 8.08. The molecule has 1 N–H and O–H groups in total. The normalized spacial score (nSPS) is 13.4. The van der Waals surface area contributed by atoms with Crippen LogP contribution in [0.15, 0.2) is 23.3 Å². The lowest BCUT2D eigenvalue weighted by atomic mass is 10.1. The Bertz CT molecular complexity index is 276. The Morgan fingerprint density at radius 1 is 1.31 bits per heavy atom. The zero-order valence-corrected chi connectivity index (χ0v) is 11.3. The number of aliphatic carboxylic acids is 1. The summed E-state index contributed by atoms with van der Waals surface area (Å²) in [5.41, 5.74) is 2.65. The molecule has 0 aromatic rings. The molecule has 0 aliphatic heterocycles. The summed E-state index contributed by atoms with van der Waals surface area (Å²) in [4.78, 5) is 10.4. The van der Waals surface area contributed by atoms with Gasteiger partial charge in [0, 0.05) is 5.25 Å². The van der Waals surface area contributed by atoms with Gasteiger partial charge in [-0.1, -0.05) is 23.3 Å². The van der Waals surface area contributed by atoms with Gasteiger partial charge in [0.05, 0.1) is 6.42 Å². The molecule has 2 nitrogen and oxygen atoms in total. The van der Waals surface area contributed by atoms with E-state index < -0.39 is 5.97 Å². The average molecular weight is 242 g/mol. The minimum atomic E-state index is -0.782. The summed E-state index contributed by atoms with van der Waals surface area (Å²) in [5, 5.41) is 8.50. The summed E-state index contributed by atoms with van der Waals surface area (Å²) in [6, 6.07) is 0. The van der Waals surface area contributed by atoms with Gasteiger partial charge in [-0.15, -0.1) is 0 Å². The van der Waals surface area contributed by atoms with Crippen molar-refractivity contribution in [1.29, 1.82) is 0 Å². The van der Waals surface area contributed by atoms with Crippen LogP contribution in [0.5, 0.6) is 0 Å². The van der Waals surface area contributed by atoms with Crippen molar-refractivity contribution < 1.29 is 9.90 Å². The number of allylic oxidation sites excluding steroid dienone is 4. The van der Waals surface area contributed by atoms with E-state index in [1.807, 2.05) is 0 Å². The predicted molar refractivity (Wildman–Crippen MR) is 72.1 cm³/mol. The van der Waals surface area contributed by atoms with Crippen LogP contribution in [0.1, 0.15) is 46.5 Å². The van der Waals surface area contributed by atoms with Crippen molar-refractivity contribution in [1.82, 2.24) is 0 Å². The number of thiol groups is 1. The van der Waals surface area contributed by atoms with Crippen molar-refractivity contribution in [2.24, 2.45) is 0 Å². The van der Waals surface area contributed by atoms with Crippen LogP contribution in [0, 0.1) is 0 Å². The highest BCUT2D eigenvalue weighted by atomic mass is 32.1. The largest absolute Gasteiger partial charge is 0.481 e. The third kappa shape index (κ3) is 9.84. The maximum atomic E-state index is 10.4. The minimum absolute atomic E-state index is 0.0732. The van der Waals surface area contributed by atoms with Gasteiger partial charge in [-0.25, -0.2) is 0 Å². The molecular formula is C13H22O2S. The Hall–Kier alpha value is -0.700. The van der Waals surface area contributed by atoms with Crippen LogP contribution >= 0.6 is 12.6 Å². The highest BCUT2D eigenvalue weighted by Gasteiger charge is 2.06. The summed E-state index contributed by atoms with van der Waals surface area (Å²) in [5.74, 6) is -0.782. The first-order chi connectivity index (χ1) is 7.41. The molecule has 16 heavy (non-hydrogen) atoms. The van der Waals surface area contributed by atoms with E-state index in [2.05, 4.69) is 45.6 Å². The molecule has 0 radical (unpaired) electrons. The van der Waals surface area contributed by atoms with Crippen molar-refractivity contribution in [3.8, 4) is 0 Å². The molecule has 0 aromatic carbocycles. The molecular weight excluding hydrogens is 220 g/mol. The van der Waals surface area contributed by atoms with E-state index in [0.29, 0.717) is 0 Å². The van der Waals surface area contributed by atoms with Gasteiger partial charge < -0.3 is 5.11 Å². The van der Waals surface area contributed by atoms with Gasteiger partial charge >= 0.3 is 5.97 Å². The third-order valence-electron chi connectivity index (χ3n) is 2.24. The molecule has 0 fully saturated rings. The van der Waals surface area contributed by atoms with Crippen molar-refractivity contribution in [2.75, 3.05) is 0 Å². The topological polar surface area (TPSA) is 37.3 Å². The minimum Gasteiger partial charge on any atom is -0.481 e. The van der Waals surface area contributed by atoms with Crippen LogP contribution in [-0.2, 0) is 4.79 Å². The molecule has 1 atom stereocenters. The van der Waals surface area contributed by atoms with E-state index in [1.165, 1.54) is 11.1 Å². The van der Waals surface area contributed by atoms with Crippen molar-refractivity contribution in [2.45, 2.75) is 51.7 Å². The number of hydrogen-bond donors (Lipinski definition) is 2. The quantitative estimate of drug-likeness (QED) is 0.525. The van der Waals surface area contributed by atoms with E-state index in [4.69, 9.17) is 5.11 Å². The second-order valence-electron chi connectivity index (χ2n) is 4.36. The van der Waals surface area contributed by atoms with Crippen molar-refractivity contribution in [3.05, 3.63) is 23.3 Å². The van der Waals surface area contributed by atoms with E-state index in [1.54, 1.807) is 0 Å². The molecule has 0 spiro atoms. The summed E-state index contributed by atoms with van der Waals surface area (Å²) in [6.07, 6.45) is 7.27. The molecule has 0 rings (SSSR count). The highest BCUT2D eigenvalue weighted by Crippen LogP contribution is 2.12. The van der Waals surface area contributed by atoms with Crippen molar-refractivity contribution in [3.63, 3.8) is 0 Å². The van der Waals surface area contributed by atoms with Crippen molar-refractivity contribution >= 4 is 18.6 Å². The Balaban J connectivity index is 3.86.